The van der Waals surface area contributed by atoms with Gasteiger partial charge in [-0.2, -0.15) is 5.10 Å². The van der Waals surface area contributed by atoms with Crippen LogP contribution in [0, 0.1) is 0 Å². The van der Waals surface area contributed by atoms with Crippen molar-refractivity contribution in [2.24, 2.45) is 0 Å². The van der Waals surface area contributed by atoms with Crippen LogP contribution in [0.5, 0.6) is 0 Å². The van der Waals surface area contributed by atoms with E-state index in [1.807, 2.05) is 47.8 Å². The Morgan fingerprint density at radius 3 is 2.70 bits per heavy atom. The minimum Gasteiger partial charge on any atom is -0.354 e. The molecule has 1 aromatic carbocycles. The minimum atomic E-state index is -3.34. The molecule has 1 aliphatic heterocycles. The molecule has 1 unspecified atom stereocenters. The van der Waals surface area contributed by atoms with Crippen LogP contribution in [0.15, 0.2) is 52.6 Å². The highest BCUT2D eigenvalue weighted by Gasteiger charge is 2.32. The molecule has 0 bridgehead atoms. The summed E-state index contributed by atoms with van der Waals surface area (Å²) in [6, 6.07) is 13.5. The number of rotatable bonds is 8. The summed E-state index contributed by atoms with van der Waals surface area (Å²) in [6.07, 6.45) is 3.29. The maximum absolute atomic E-state index is 13.2. The lowest BCUT2D eigenvalue weighted by Gasteiger charge is -2.30. The summed E-state index contributed by atoms with van der Waals surface area (Å²) in [6.45, 7) is 0.997. The largest absolute Gasteiger partial charge is 0.354 e. The van der Waals surface area contributed by atoms with Crippen molar-refractivity contribution < 1.29 is 13.2 Å². The Kier molecular flexibility index (Phi) is 7.11. The fourth-order valence-electron chi connectivity index (χ4n) is 4.03. The fourth-order valence-corrected chi connectivity index (χ4v) is 5.68. The van der Waals surface area contributed by atoms with Crippen LogP contribution in [0.4, 0.5) is 0 Å². The lowest BCUT2D eigenvalue weighted by Crippen LogP contribution is -2.39. The molecule has 1 amide bonds. The van der Waals surface area contributed by atoms with Gasteiger partial charge in [0.25, 0.3) is 0 Å². The Balaban J connectivity index is 1.53. The van der Waals surface area contributed by atoms with Crippen LogP contribution in [-0.4, -0.2) is 58.9 Å². The number of nitrogens with one attached hydrogen (secondary N) is 1. The highest BCUT2D eigenvalue weighted by molar-refractivity contribution is 7.88. The number of carbonyl (C=O) groups is 1. The van der Waals surface area contributed by atoms with Gasteiger partial charge in [-0.1, -0.05) is 30.3 Å². The number of benzene rings is 1. The molecular formula is C22H27N5O4S2. The van der Waals surface area contributed by atoms with Crippen LogP contribution < -0.4 is 11.0 Å². The molecule has 3 heterocycles. The number of piperidine rings is 1. The summed E-state index contributed by atoms with van der Waals surface area (Å²) in [5.74, 6) is -0.0321. The molecule has 9 nitrogen and oxygen atoms in total. The molecule has 4 rings (SSSR count). The highest BCUT2D eigenvalue weighted by Crippen LogP contribution is 2.28. The second-order valence-corrected chi connectivity index (χ2v) is 11.0. The standard InChI is InChI=1S/C22H27N5O4S2/c1-33(30,31)25-13-5-9-18(15-25)21-24-26(22(29)27(21)20-10-6-14-32-20)16-19(28)23-12-11-17-7-3-2-4-8-17/h2-4,6-8,10,14,18H,5,9,11-13,15-16H2,1H3,(H,23,28). The predicted molar refractivity (Wildman–Crippen MR) is 127 cm³/mol. The first-order chi connectivity index (χ1) is 15.8. The number of thiophene rings is 1. The van der Waals surface area contributed by atoms with Crippen molar-refractivity contribution in [2.75, 3.05) is 25.9 Å². The van der Waals surface area contributed by atoms with Gasteiger partial charge >= 0.3 is 5.69 Å². The smallest absolute Gasteiger partial charge is 0.351 e. The highest BCUT2D eigenvalue weighted by atomic mass is 32.2. The maximum Gasteiger partial charge on any atom is 0.351 e. The number of amides is 1. The van der Waals surface area contributed by atoms with Gasteiger partial charge in [-0.15, -0.1) is 11.3 Å². The van der Waals surface area contributed by atoms with Gasteiger partial charge in [0.15, 0.2) is 0 Å². The summed E-state index contributed by atoms with van der Waals surface area (Å²) in [7, 11) is -3.34. The van der Waals surface area contributed by atoms with E-state index in [4.69, 9.17) is 0 Å². The van der Waals surface area contributed by atoms with E-state index in [1.54, 1.807) is 0 Å². The molecule has 1 N–H and O–H groups in total. The van der Waals surface area contributed by atoms with E-state index in [-0.39, 0.29) is 24.9 Å². The van der Waals surface area contributed by atoms with Crippen molar-refractivity contribution >= 4 is 27.3 Å². The van der Waals surface area contributed by atoms with E-state index in [0.717, 1.165) is 12.0 Å². The first-order valence-electron chi connectivity index (χ1n) is 10.8. The SMILES string of the molecule is CS(=O)(=O)N1CCCC(c2nn(CC(=O)NCCc3ccccc3)c(=O)n2-c2cccs2)C1. The van der Waals surface area contributed by atoms with Crippen LogP contribution >= 0.6 is 11.3 Å². The molecule has 1 fully saturated rings. The molecule has 0 saturated carbocycles. The van der Waals surface area contributed by atoms with Crippen molar-refractivity contribution in [3.63, 3.8) is 0 Å². The zero-order valence-electron chi connectivity index (χ0n) is 18.4. The number of aromatic nitrogens is 3. The third-order valence-corrected chi connectivity index (χ3v) is 7.80. The van der Waals surface area contributed by atoms with E-state index in [2.05, 4.69) is 10.4 Å². The number of hydrogen-bond acceptors (Lipinski definition) is 6. The molecule has 0 radical (unpaired) electrons. The quantitative estimate of drug-likeness (QED) is 0.517. The van der Waals surface area contributed by atoms with E-state index < -0.39 is 15.7 Å². The minimum absolute atomic E-state index is 0.193. The Labute approximate surface area is 196 Å². The summed E-state index contributed by atoms with van der Waals surface area (Å²) in [4.78, 5) is 25.7. The predicted octanol–water partition coefficient (Wildman–Crippen LogP) is 1.59. The number of hydrogen-bond donors (Lipinski definition) is 1. The monoisotopic (exact) mass is 489 g/mol. The molecule has 1 aliphatic rings. The summed E-state index contributed by atoms with van der Waals surface area (Å²) in [5, 5.41) is 9.91. The zero-order chi connectivity index (χ0) is 23.4. The van der Waals surface area contributed by atoms with E-state index in [9.17, 15) is 18.0 Å². The van der Waals surface area contributed by atoms with Crippen molar-refractivity contribution in [1.29, 1.82) is 0 Å². The second kappa shape index (κ2) is 10.0. The van der Waals surface area contributed by atoms with E-state index in [0.29, 0.717) is 36.8 Å². The lowest BCUT2D eigenvalue weighted by atomic mass is 9.99. The normalized spacial score (nSPS) is 17.2. The molecule has 0 aliphatic carbocycles. The Bertz CT molecular complexity index is 1250. The van der Waals surface area contributed by atoms with Crippen LogP contribution in [0.2, 0.25) is 0 Å². The third-order valence-electron chi connectivity index (χ3n) is 5.68. The Morgan fingerprint density at radius 2 is 2.00 bits per heavy atom. The first-order valence-corrected chi connectivity index (χ1v) is 13.5. The van der Waals surface area contributed by atoms with Crippen LogP contribution in [0.3, 0.4) is 0 Å². The van der Waals surface area contributed by atoms with Gasteiger partial charge in [-0.25, -0.2) is 26.8 Å². The Morgan fingerprint density at radius 1 is 1.21 bits per heavy atom. The van der Waals surface area contributed by atoms with Crippen molar-refractivity contribution in [3.05, 3.63) is 69.7 Å². The van der Waals surface area contributed by atoms with Crippen molar-refractivity contribution in [1.82, 2.24) is 24.0 Å². The van der Waals surface area contributed by atoms with Gasteiger partial charge in [0, 0.05) is 25.6 Å². The summed E-state index contributed by atoms with van der Waals surface area (Å²) >= 11 is 1.40. The van der Waals surface area contributed by atoms with Gasteiger partial charge in [-0.3, -0.25) is 4.79 Å². The van der Waals surface area contributed by atoms with Crippen LogP contribution in [0.25, 0.3) is 5.00 Å². The van der Waals surface area contributed by atoms with Crippen molar-refractivity contribution in [2.45, 2.75) is 31.7 Å². The molecule has 1 saturated heterocycles. The average molecular weight is 490 g/mol. The van der Waals surface area contributed by atoms with Gasteiger partial charge in [-0.05, 0) is 42.3 Å². The summed E-state index contributed by atoms with van der Waals surface area (Å²) in [5.41, 5.74) is 0.717. The number of nitrogens with zero attached hydrogens (tertiary/aromatic N) is 4. The fraction of sp³-hybridized carbons (Fsp3) is 0.409. The molecule has 33 heavy (non-hydrogen) atoms. The van der Waals surface area contributed by atoms with E-state index >= 15 is 0 Å². The van der Waals surface area contributed by atoms with E-state index in [1.165, 1.54) is 31.1 Å². The molecule has 3 aromatic rings. The summed E-state index contributed by atoms with van der Waals surface area (Å²) < 4.78 is 28.3. The van der Waals surface area contributed by atoms with Gasteiger partial charge < -0.3 is 5.32 Å². The van der Waals surface area contributed by atoms with Gasteiger partial charge in [0.1, 0.15) is 17.4 Å². The molecular weight excluding hydrogens is 462 g/mol. The van der Waals surface area contributed by atoms with Gasteiger partial charge in [0.2, 0.25) is 15.9 Å². The zero-order valence-corrected chi connectivity index (χ0v) is 20.0. The molecule has 0 spiro atoms. The molecule has 11 heteroatoms. The van der Waals surface area contributed by atoms with Crippen molar-refractivity contribution in [3.8, 4) is 5.00 Å². The third kappa shape index (κ3) is 5.60. The molecule has 176 valence electrons. The van der Waals surface area contributed by atoms with Crippen LogP contribution in [-0.2, 0) is 27.8 Å². The number of sulfonamides is 1. The number of carbonyl (C=O) groups excluding carboxylic acids is 1. The lowest BCUT2D eigenvalue weighted by molar-refractivity contribution is -0.121. The molecule has 1 atom stereocenters. The Hall–Kier alpha value is -2.76. The topological polar surface area (TPSA) is 106 Å². The second-order valence-electron chi connectivity index (χ2n) is 8.13. The average Bonchev–Trinajstić information content (AvgIpc) is 3.42. The maximum atomic E-state index is 13.2. The van der Waals surface area contributed by atoms with Gasteiger partial charge in [0.05, 0.1) is 6.26 Å². The first kappa shape index (κ1) is 23.4. The van der Waals surface area contributed by atoms with Crippen LogP contribution in [0.1, 0.15) is 30.1 Å². The molecule has 2 aromatic heterocycles.